The fourth-order valence-electron chi connectivity index (χ4n) is 2.59. The molecule has 1 heterocycles. The molecule has 0 spiro atoms. The van der Waals surface area contributed by atoms with Gasteiger partial charge in [0.15, 0.2) is 0 Å². The van der Waals surface area contributed by atoms with E-state index < -0.39 is 5.97 Å². The van der Waals surface area contributed by atoms with Crippen molar-refractivity contribution in [1.29, 1.82) is 0 Å². The third kappa shape index (κ3) is 3.40. The smallest absolute Gasteiger partial charge is 0.335 e. The fourth-order valence-corrected chi connectivity index (χ4v) is 2.59. The zero-order valence-corrected chi connectivity index (χ0v) is 12.6. The van der Waals surface area contributed by atoms with Crippen molar-refractivity contribution in [2.24, 2.45) is 0 Å². The quantitative estimate of drug-likeness (QED) is 0.946. The molecule has 2 aromatic rings. The van der Waals surface area contributed by atoms with Gasteiger partial charge in [0.05, 0.1) is 18.8 Å². The summed E-state index contributed by atoms with van der Waals surface area (Å²) in [6.45, 7) is 2.38. The van der Waals surface area contributed by atoms with Crippen LogP contribution in [-0.4, -0.2) is 48.2 Å². The first-order valence-electron chi connectivity index (χ1n) is 7.46. The minimum Gasteiger partial charge on any atom is -0.478 e. The van der Waals surface area contributed by atoms with Crippen LogP contribution in [0.4, 0.5) is 0 Å². The topological polar surface area (TPSA) is 66.8 Å². The molecule has 1 saturated heterocycles. The molecule has 0 atom stereocenters. The number of hydrogen-bond acceptors (Lipinski definition) is 3. The highest BCUT2D eigenvalue weighted by molar-refractivity contribution is 5.95. The summed E-state index contributed by atoms with van der Waals surface area (Å²) in [7, 11) is 0. The summed E-state index contributed by atoms with van der Waals surface area (Å²) in [4.78, 5) is 25.2. The van der Waals surface area contributed by atoms with Crippen molar-refractivity contribution < 1.29 is 19.4 Å². The van der Waals surface area contributed by atoms with Crippen LogP contribution < -0.4 is 0 Å². The van der Waals surface area contributed by atoms with Crippen LogP contribution in [0.5, 0.6) is 0 Å². The largest absolute Gasteiger partial charge is 0.478 e. The zero-order chi connectivity index (χ0) is 16.2. The summed E-state index contributed by atoms with van der Waals surface area (Å²) < 4.78 is 5.25. The Bertz CT molecular complexity index is 718. The molecule has 1 amide bonds. The maximum atomic E-state index is 12.4. The molecule has 0 unspecified atom stereocenters. The number of ether oxygens (including phenoxy) is 1. The number of aromatic carboxylic acids is 1. The second-order valence-corrected chi connectivity index (χ2v) is 5.37. The highest BCUT2D eigenvalue weighted by Gasteiger charge is 2.18. The minimum absolute atomic E-state index is 0.000799. The van der Waals surface area contributed by atoms with Crippen molar-refractivity contribution in [3.63, 3.8) is 0 Å². The van der Waals surface area contributed by atoms with Crippen molar-refractivity contribution >= 4 is 11.9 Å². The monoisotopic (exact) mass is 311 g/mol. The maximum absolute atomic E-state index is 12.4. The summed E-state index contributed by atoms with van der Waals surface area (Å²) in [6, 6.07) is 14.0. The molecule has 118 valence electrons. The van der Waals surface area contributed by atoms with Crippen molar-refractivity contribution in [3.8, 4) is 11.1 Å². The molecule has 5 nitrogen and oxygen atoms in total. The second kappa shape index (κ2) is 6.62. The number of carboxylic acids is 1. The van der Waals surface area contributed by atoms with Crippen LogP contribution in [0.2, 0.25) is 0 Å². The van der Waals surface area contributed by atoms with Gasteiger partial charge < -0.3 is 14.7 Å². The molecule has 2 aromatic carbocycles. The van der Waals surface area contributed by atoms with Crippen LogP contribution in [0.15, 0.2) is 48.5 Å². The number of benzene rings is 2. The van der Waals surface area contributed by atoms with E-state index in [1.165, 1.54) is 0 Å². The van der Waals surface area contributed by atoms with Gasteiger partial charge >= 0.3 is 5.97 Å². The van der Waals surface area contributed by atoms with E-state index in [9.17, 15) is 9.59 Å². The van der Waals surface area contributed by atoms with Gasteiger partial charge in [-0.3, -0.25) is 4.79 Å². The molecular formula is C18H17NO4. The number of nitrogens with zero attached hydrogens (tertiary/aromatic N) is 1. The Labute approximate surface area is 134 Å². The van der Waals surface area contributed by atoms with Crippen molar-refractivity contribution in [2.45, 2.75) is 0 Å². The van der Waals surface area contributed by atoms with E-state index >= 15 is 0 Å². The van der Waals surface area contributed by atoms with Gasteiger partial charge in [-0.15, -0.1) is 0 Å². The Morgan fingerprint density at radius 2 is 1.61 bits per heavy atom. The van der Waals surface area contributed by atoms with Gasteiger partial charge in [-0.1, -0.05) is 24.3 Å². The zero-order valence-electron chi connectivity index (χ0n) is 12.6. The standard InChI is InChI=1S/C18H17NO4/c20-17(19-8-10-23-11-9-19)14-6-4-13(5-7-14)15-2-1-3-16(12-15)18(21)22/h1-7,12H,8-11H2,(H,21,22). The first kappa shape index (κ1) is 15.2. The third-order valence-corrected chi connectivity index (χ3v) is 3.87. The van der Waals surface area contributed by atoms with Crippen molar-refractivity contribution in [1.82, 2.24) is 4.90 Å². The van der Waals surface area contributed by atoms with Gasteiger partial charge in [0.1, 0.15) is 0 Å². The molecule has 3 rings (SSSR count). The van der Waals surface area contributed by atoms with Gasteiger partial charge in [-0.05, 0) is 35.4 Å². The van der Waals surface area contributed by atoms with E-state index in [2.05, 4.69) is 0 Å². The number of amides is 1. The number of carboxylic acid groups (broad SMARTS) is 1. The Morgan fingerprint density at radius 1 is 0.913 bits per heavy atom. The minimum atomic E-state index is -0.953. The van der Waals surface area contributed by atoms with Crippen LogP contribution in [-0.2, 0) is 4.74 Å². The lowest BCUT2D eigenvalue weighted by Crippen LogP contribution is -2.40. The third-order valence-electron chi connectivity index (χ3n) is 3.87. The number of morpholine rings is 1. The highest BCUT2D eigenvalue weighted by atomic mass is 16.5. The Hall–Kier alpha value is -2.66. The second-order valence-electron chi connectivity index (χ2n) is 5.37. The van der Waals surface area contributed by atoms with Crippen LogP contribution in [0, 0.1) is 0 Å². The molecule has 0 aliphatic carbocycles. The van der Waals surface area contributed by atoms with Gasteiger partial charge in [-0.2, -0.15) is 0 Å². The molecule has 0 aromatic heterocycles. The normalized spacial score (nSPS) is 14.5. The Kier molecular flexibility index (Phi) is 4.39. The molecule has 1 aliphatic rings. The molecule has 1 aliphatic heterocycles. The van der Waals surface area contributed by atoms with Crippen LogP contribution in [0.25, 0.3) is 11.1 Å². The summed E-state index contributed by atoms with van der Waals surface area (Å²) in [5.74, 6) is -0.954. The first-order chi connectivity index (χ1) is 11.1. The van der Waals surface area contributed by atoms with Gasteiger partial charge in [0, 0.05) is 18.7 Å². The summed E-state index contributed by atoms with van der Waals surface area (Å²) in [5, 5.41) is 9.06. The van der Waals surface area contributed by atoms with Crippen LogP contribution in [0.1, 0.15) is 20.7 Å². The van der Waals surface area contributed by atoms with Gasteiger partial charge in [0.25, 0.3) is 5.91 Å². The average Bonchev–Trinajstić information content (AvgIpc) is 2.62. The summed E-state index contributed by atoms with van der Waals surface area (Å²) >= 11 is 0. The molecule has 0 saturated carbocycles. The van der Waals surface area contributed by atoms with Crippen LogP contribution >= 0.6 is 0 Å². The highest BCUT2D eigenvalue weighted by Crippen LogP contribution is 2.21. The molecular weight excluding hydrogens is 294 g/mol. The van der Waals surface area contributed by atoms with E-state index in [4.69, 9.17) is 9.84 Å². The number of carbonyl (C=O) groups excluding carboxylic acids is 1. The molecule has 5 heteroatoms. The summed E-state index contributed by atoms with van der Waals surface area (Å²) in [6.07, 6.45) is 0. The Morgan fingerprint density at radius 3 is 2.26 bits per heavy atom. The van der Waals surface area contributed by atoms with E-state index in [-0.39, 0.29) is 11.5 Å². The SMILES string of the molecule is O=C(O)c1cccc(-c2ccc(C(=O)N3CCOCC3)cc2)c1. The molecule has 1 fully saturated rings. The van der Waals surface area contributed by atoms with E-state index in [0.717, 1.165) is 11.1 Å². The fraction of sp³-hybridized carbons (Fsp3) is 0.222. The van der Waals surface area contributed by atoms with Gasteiger partial charge in [-0.25, -0.2) is 4.79 Å². The summed E-state index contributed by atoms with van der Waals surface area (Å²) in [5.41, 5.74) is 2.57. The number of rotatable bonds is 3. The van der Waals surface area contributed by atoms with Crippen LogP contribution in [0.3, 0.4) is 0 Å². The lowest BCUT2D eigenvalue weighted by atomic mass is 10.0. The van der Waals surface area contributed by atoms with E-state index in [1.54, 1.807) is 35.2 Å². The molecule has 0 bridgehead atoms. The molecule has 23 heavy (non-hydrogen) atoms. The maximum Gasteiger partial charge on any atom is 0.335 e. The first-order valence-corrected chi connectivity index (χ1v) is 7.46. The number of hydrogen-bond donors (Lipinski definition) is 1. The molecule has 0 radical (unpaired) electrons. The van der Waals surface area contributed by atoms with Gasteiger partial charge in [0.2, 0.25) is 0 Å². The average molecular weight is 311 g/mol. The predicted octanol–water partition coefficient (Wildman–Crippen LogP) is 2.52. The lowest BCUT2D eigenvalue weighted by molar-refractivity contribution is 0.0303. The van der Waals surface area contributed by atoms with Crippen molar-refractivity contribution in [2.75, 3.05) is 26.3 Å². The van der Waals surface area contributed by atoms with E-state index in [0.29, 0.717) is 31.9 Å². The van der Waals surface area contributed by atoms with Crippen molar-refractivity contribution in [3.05, 3.63) is 59.7 Å². The van der Waals surface area contributed by atoms with E-state index in [1.807, 2.05) is 18.2 Å². The molecule has 1 N–H and O–H groups in total. The lowest BCUT2D eigenvalue weighted by Gasteiger charge is -2.26. The predicted molar refractivity (Wildman–Crippen MR) is 85.6 cm³/mol. The number of carbonyl (C=O) groups is 2. The Balaban J connectivity index is 1.80.